The van der Waals surface area contributed by atoms with Crippen molar-refractivity contribution in [1.29, 1.82) is 0 Å². The zero-order chi connectivity index (χ0) is 26.9. The topological polar surface area (TPSA) is 131 Å². The molecule has 3 aliphatic heterocycles. The number of aromatic hydroxyl groups is 2. The van der Waals surface area contributed by atoms with Gasteiger partial charge < -0.3 is 48.1 Å². The molecule has 0 bridgehead atoms. The Hall–Kier alpha value is -2.83. The summed E-state index contributed by atoms with van der Waals surface area (Å²) in [4.78, 5) is 13.3. The van der Waals surface area contributed by atoms with E-state index in [-0.39, 0.29) is 40.0 Å². The maximum atomic E-state index is 13.3. The van der Waals surface area contributed by atoms with Gasteiger partial charge in [-0.2, -0.15) is 0 Å². The molecule has 3 fully saturated rings. The van der Waals surface area contributed by atoms with Crippen LogP contribution in [0.5, 0.6) is 23.0 Å². The monoisotopic (exact) mass is 520 g/mol. The summed E-state index contributed by atoms with van der Waals surface area (Å²) in [6, 6.07) is 3.14. The molecule has 202 valence electrons. The predicted molar refractivity (Wildman–Crippen MR) is 128 cm³/mol. The number of carbonyl (C=O) groups excluding carboxylic acids is 1. The Labute approximate surface area is 214 Å². The van der Waals surface area contributed by atoms with Crippen LogP contribution >= 0.6 is 0 Å². The quantitative estimate of drug-likeness (QED) is 0.443. The van der Waals surface area contributed by atoms with Gasteiger partial charge in [0.15, 0.2) is 29.4 Å². The molecule has 0 saturated carbocycles. The number of benzene rings is 2. The highest BCUT2D eigenvalue weighted by atomic mass is 16.9. The SMILES string of the molecule is CCOC(=O)c1c(C2O[C@@H]3OC(C)(C)O[C@@H]3[C@H]3OC(C)(C)O[C@@H]23)c(O)c2ccc(OC)c(OC)c2c1O. The third-order valence-electron chi connectivity index (χ3n) is 6.72. The Bertz CT molecular complexity index is 1240. The number of rotatable bonds is 5. The summed E-state index contributed by atoms with van der Waals surface area (Å²) in [5.41, 5.74) is -0.300. The zero-order valence-electron chi connectivity index (χ0n) is 21.8. The van der Waals surface area contributed by atoms with Crippen LogP contribution in [-0.4, -0.2) is 73.2 Å². The molecule has 3 aliphatic rings. The molecule has 3 saturated heterocycles. The van der Waals surface area contributed by atoms with Crippen molar-refractivity contribution < 1.29 is 52.9 Å². The van der Waals surface area contributed by atoms with E-state index < -0.39 is 54.0 Å². The van der Waals surface area contributed by atoms with Crippen molar-refractivity contribution in [3.05, 3.63) is 23.3 Å². The second kappa shape index (κ2) is 8.88. The molecule has 2 N–H and O–H groups in total. The van der Waals surface area contributed by atoms with Gasteiger partial charge in [-0.1, -0.05) is 0 Å². The number of phenols is 2. The number of fused-ring (bicyclic) bond motifs is 4. The summed E-state index contributed by atoms with van der Waals surface area (Å²) >= 11 is 0. The molecular formula is C26H32O11. The van der Waals surface area contributed by atoms with Crippen LogP contribution in [0, 0.1) is 0 Å². The summed E-state index contributed by atoms with van der Waals surface area (Å²) in [7, 11) is 2.84. The van der Waals surface area contributed by atoms with Crippen LogP contribution in [0.25, 0.3) is 10.8 Å². The van der Waals surface area contributed by atoms with E-state index in [1.54, 1.807) is 46.8 Å². The molecule has 5 rings (SSSR count). The van der Waals surface area contributed by atoms with Crippen molar-refractivity contribution in [2.24, 2.45) is 0 Å². The van der Waals surface area contributed by atoms with Crippen molar-refractivity contribution in [3.8, 4) is 23.0 Å². The molecule has 0 radical (unpaired) electrons. The Balaban J connectivity index is 1.76. The van der Waals surface area contributed by atoms with Crippen LogP contribution in [0.2, 0.25) is 0 Å². The fourth-order valence-electron chi connectivity index (χ4n) is 5.41. The standard InChI is InChI=1S/C26H32O11/c1-8-32-23(29)15-14(16(27)11-9-10-12(30-6)18(31-7)13(11)17(15)28)19-20-21(35-25(2,3)34-20)22-24(33-19)37-26(4,5)36-22/h9-10,19-22,24,27-28H,8H2,1-7H3/t19?,20-,21-,22+,24+/m0/s1. The summed E-state index contributed by atoms with van der Waals surface area (Å²) in [6.45, 7) is 8.68. The molecule has 37 heavy (non-hydrogen) atoms. The minimum Gasteiger partial charge on any atom is -0.507 e. The first kappa shape index (κ1) is 25.8. The molecular weight excluding hydrogens is 488 g/mol. The van der Waals surface area contributed by atoms with E-state index >= 15 is 0 Å². The van der Waals surface area contributed by atoms with E-state index in [9.17, 15) is 15.0 Å². The minimum atomic E-state index is -1.09. The number of carbonyl (C=O) groups is 1. The summed E-state index contributed by atoms with van der Waals surface area (Å²) < 4.78 is 46.8. The zero-order valence-corrected chi connectivity index (χ0v) is 21.8. The van der Waals surface area contributed by atoms with E-state index in [1.165, 1.54) is 14.2 Å². The van der Waals surface area contributed by atoms with Gasteiger partial charge in [-0.25, -0.2) is 4.79 Å². The van der Waals surface area contributed by atoms with Gasteiger partial charge in [0.05, 0.1) is 26.2 Å². The van der Waals surface area contributed by atoms with Gasteiger partial charge in [-0.05, 0) is 46.8 Å². The highest BCUT2D eigenvalue weighted by Gasteiger charge is 2.62. The van der Waals surface area contributed by atoms with E-state index in [0.29, 0.717) is 5.75 Å². The average molecular weight is 521 g/mol. The van der Waals surface area contributed by atoms with E-state index in [1.807, 2.05) is 0 Å². The van der Waals surface area contributed by atoms with Crippen molar-refractivity contribution in [3.63, 3.8) is 0 Å². The molecule has 2 aromatic carbocycles. The van der Waals surface area contributed by atoms with Crippen LogP contribution in [0.3, 0.4) is 0 Å². The first-order chi connectivity index (χ1) is 17.4. The predicted octanol–water partition coefficient (Wildman–Crippen LogP) is 3.51. The number of hydrogen-bond donors (Lipinski definition) is 2. The Morgan fingerprint density at radius 1 is 0.919 bits per heavy atom. The third-order valence-corrected chi connectivity index (χ3v) is 6.72. The van der Waals surface area contributed by atoms with Gasteiger partial charge in [0, 0.05) is 10.9 Å². The fourth-order valence-corrected chi connectivity index (χ4v) is 5.41. The second-order valence-corrected chi connectivity index (χ2v) is 10.0. The van der Waals surface area contributed by atoms with Crippen LogP contribution < -0.4 is 9.47 Å². The van der Waals surface area contributed by atoms with Crippen LogP contribution in [0.4, 0.5) is 0 Å². The normalized spacial score (nSPS) is 29.5. The van der Waals surface area contributed by atoms with Gasteiger partial charge in [0.25, 0.3) is 0 Å². The molecule has 0 spiro atoms. The van der Waals surface area contributed by atoms with Gasteiger partial charge in [0.2, 0.25) is 0 Å². The fraction of sp³-hybridized carbons (Fsp3) is 0.577. The molecule has 0 aromatic heterocycles. The van der Waals surface area contributed by atoms with Crippen LogP contribution in [0.1, 0.15) is 56.6 Å². The Morgan fingerprint density at radius 3 is 2.22 bits per heavy atom. The van der Waals surface area contributed by atoms with Crippen molar-refractivity contribution in [2.45, 2.75) is 76.9 Å². The molecule has 0 amide bonds. The highest BCUT2D eigenvalue weighted by Crippen LogP contribution is 2.55. The Morgan fingerprint density at radius 2 is 1.57 bits per heavy atom. The average Bonchev–Trinajstić information content (AvgIpc) is 3.33. The first-order valence-corrected chi connectivity index (χ1v) is 12.1. The molecule has 11 nitrogen and oxygen atoms in total. The first-order valence-electron chi connectivity index (χ1n) is 12.1. The smallest absolute Gasteiger partial charge is 0.342 e. The van der Waals surface area contributed by atoms with Gasteiger partial charge in [0.1, 0.15) is 41.5 Å². The number of hydrogen-bond acceptors (Lipinski definition) is 11. The molecule has 2 aromatic rings. The van der Waals surface area contributed by atoms with E-state index in [4.69, 9.17) is 37.9 Å². The van der Waals surface area contributed by atoms with Crippen molar-refractivity contribution >= 4 is 16.7 Å². The Kier molecular flexibility index (Phi) is 6.19. The maximum Gasteiger partial charge on any atom is 0.342 e. The van der Waals surface area contributed by atoms with E-state index in [0.717, 1.165) is 0 Å². The maximum absolute atomic E-state index is 13.3. The summed E-state index contributed by atoms with van der Waals surface area (Å²) in [5, 5.41) is 23.4. The molecule has 11 heteroatoms. The van der Waals surface area contributed by atoms with Gasteiger partial charge in [-0.3, -0.25) is 0 Å². The second-order valence-electron chi connectivity index (χ2n) is 10.0. The molecule has 3 heterocycles. The molecule has 5 atom stereocenters. The lowest BCUT2D eigenvalue weighted by atomic mass is 9.87. The number of ether oxygens (including phenoxy) is 8. The minimum absolute atomic E-state index is 0.0151. The third kappa shape index (κ3) is 4.05. The van der Waals surface area contributed by atoms with Crippen LogP contribution in [0.15, 0.2) is 12.1 Å². The lowest BCUT2D eigenvalue weighted by Gasteiger charge is -2.38. The lowest BCUT2D eigenvalue weighted by Crippen LogP contribution is -2.51. The number of phenolic OH excluding ortho intramolecular Hbond substituents is 2. The van der Waals surface area contributed by atoms with Crippen molar-refractivity contribution in [1.82, 2.24) is 0 Å². The lowest BCUT2D eigenvalue weighted by molar-refractivity contribution is -0.236. The van der Waals surface area contributed by atoms with Gasteiger partial charge in [-0.15, -0.1) is 0 Å². The molecule has 1 unspecified atom stereocenters. The van der Waals surface area contributed by atoms with Crippen molar-refractivity contribution in [2.75, 3.05) is 20.8 Å². The highest BCUT2D eigenvalue weighted by molar-refractivity contribution is 6.09. The van der Waals surface area contributed by atoms with E-state index in [2.05, 4.69) is 0 Å². The molecule has 0 aliphatic carbocycles. The van der Waals surface area contributed by atoms with Crippen LogP contribution in [-0.2, 0) is 28.4 Å². The summed E-state index contributed by atoms with van der Waals surface area (Å²) in [6.07, 6.45) is -4.07. The number of esters is 1. The summed E-state index contributed by atoms with van der Waals surface area (Å²) in [5.74, 6) is -3.17. The number of methoxy groups -OCH3 is 2. The largest absolute Gasteiger partial charge is 0.507 e. The van der Waals surface area contributed by atoms with Gasteiger partial charge >= 0.3 is 5.97 Å².